The number of ketones is 1. The van der Waals surface area contributed by atoms with Gasteiger partial charge >= 0.3 is 5.91 Å². The minimum Gasteiger partial charge on any atom is -0.508 e. The lowest BCUT2D eigenvalue weighted by Crippen LogP contribution is -2.29. The number of benzene rings is 3. The van der Waals surface area contributed by atoms with Gasteiger partial charge in [0.25, 0.3) is 5.78 Å². The van der Waals surface area contributed by atoms with Crippen molar-refractivity contribution in [2.24, 2.45) is 0 Å². The van der Waals surface area contributed by atoms with E-state index in [0.717, 1.165) is 28.0 Å². The molecule has 4 aromatic rings. The predicted molar refractivity (Wildman–Crippen MR) is 155 cm³/mol. The van der Waals surface area contributed by atoms with Gasteiger partial charge in [0.05, 0.1) is 11.6 Å². The second-order valence-electron chi connectivity index (χ2n) is 8.96. The number of anilines is 1. The summed E-state index contributed by atoms with van der Waals surface area (Å²) in [5, 5.41) is 31.3. The Bertz CT molecular complexity index is 1650. The van der Waals surface area contributed by atoms with Crippen LogP contribution in [-0.4, -0.2) is 32.1 Å². The molecule has 1 aromatic heterocycles. The van der Waals surface area contributed by atoms with Gasteiger partial charge in [0.15, 0.2) is 4.34 Å². The van der Waals surface area contributed by atoms with Crippen LogP contribution in [0.1, 0.15) is 33.9 Å². The molecule has 2 N–H and O–H groups in total. The van der Waals surface area contributed by atoms with Crippen LogP contribution < -0.4 is 4.90 Å². The number of carbonyl (C=O) groups is 2. The molecule has 2 heterocycles. The van der Waals surface area contributed by atoms with Crippen LogP contribution in [0.15, 0.2) is 70.6 Å². The maximum absolute atomic E-state index is 13.4. The highest BCUT2D eigenvalue weighted by atomic mass is 35.5. The first-order valence-electron chi connectivity index (χ1n) is 11.7. The first kappa shape index (κ1) is 27.2. The summed E-state index contributed by atoms with van der Waals surface area (Å²) in [6.07, 6.45) is 0. The highest BCUT2D eigenvalue weighted by Crippen LogP contribution is 2.45. The molecule has 5 rings (SSSR count). The summed E-state index contributed by atoms with van der Waals surface area (Å²) in [4.78, 5) is 28.0. The monoisotopic (exact) mass is 597 g/mol. The Morgan fingerprint density at radius 2 is 1.85 bits per heavy atom. The van der Waals surface area contributed by atoms with Crippen molar-refractivity contribution in [1.82, 2.24) is 10.2 Å². The van der Waals surface area contributed by atoms with E-state index in [1.54, 1.807) is 30.3 Å². The number of hydrogen-bond donors (Lipinski definition) is 2. The van der Waals surface area contributed by atoms with Gasteiger partial charge in [0, 0.05) is 21.4 Å². The van der Waals surface area contributed by atoms with Crippen molar-refractivity contribution in [2.75, 3.05) is 4.90 Å². The van der Waals surface area contributed by atoms with Gasteiger partial charge in [-0.3, -0.25) is 14.5 Å². The van der Waals surface area contributed by atoms with E-state index in [1.807, 2.05) is 32.0 Å². The Morgan fingerprint density at radius 1 is 1.05 bits per heavy atom. The number of amides is 1. The lowest BCUT2D eigenvalue weighted by molar-refractivity contribution is -0.132. The molecule has 3 aromatic carbocycles. The summed E-state index contributed by atoms with van der Waals surface area (Å²) in [6.45, 7) is 3.69. The van der Waals surface area contributed by atoms with E-state index in [-0.39, 0.29) is 22.2 Å². The van der Waals surface area contributed by atoms with E-state index in [0.29, 0.717) is 31.3 Å². The summed E-state index contributed by atoms with van der Waals surface area (Å²) in [6, 6.07) is 16.0. The van der Waals surface area contributed by atoms with Crippen LogP contribution >= 0.6 is 46.3 Å². The zero-order chi connectivity index (χ0) is 27.8. The molecule has 1 atom stereocenters. The summed E-state index contributed by atoms with van der Waals surface area (Å²) >= 11 is 14.8. The van der Waals surface area contributed by atoms with Crippen LogP contribution in [0, 0.1) is 13.8 Å². The third-order valence-electron chi connectivity index (χ3n) is 6.25. The molecule has 198 valence electrons. The number of nitrogens with zero attached hydrogens (tertiary/aromatic N) is 3. The molecule has 7 nitrogen and oxygen atoms in total. The van der Waals surface area contributed by atoms with E-state index < -0.39 is 17.7 Å². The highest BCUT2D eigenvalue weighted by molar-refractivity contribution is 8.00. The molecule has 1 fully saturated rings. The second kappa shape index (κ2) is 11.0. The fraction of sp³-hybridized carbons (Fsp3) is 0.143. The number of phenolic OH excluding ortho intramolecular Hbond substituents is 1. The number of aliphatic hydroxyl groups excluding tert-OH is 1. The van der Waals surface area contributed by atoms with Gasteiger partial charge in [-0.05, 0) is 60.9 Å². The van der Waals surface area contributed by atoms with Crippen molar-refractivity contribution in [3.63, 3.8) is 0 Å². The summed E-state index contributed by atoms with van der Waals surface area (Å²) in [5.41, 5.74) is 3.30. The maximum Gasteiger partial charge on any atom is 0.301 e. The van der Waals surface area contributed by atoms with Gasteiger partial charge in [-0.25, -0.2) is 0 Å². The first-order valence-corrected chi connectivity index (χ1v) is 14.3. The van der Waals surface area contributed by atoms with Crippen molar-refractivity contribution in [3.8, 4) is 5.75 Å². The van der Waals surface area contributed by atoms with Crippen LogP contribution in [0.25, 0.3) is 5.76 Å². The standard InChI is InChI=1S/C28H21Cl2N3O4S2/c1-14-6-7-15(2)20(10-14)24(35)22-23(16-4-3-5-19(34)11-16)33(26(37)25(22)36)27-31-32-28(39-27)38-13-17-8-9-18(29)12-21(17)30/h3-12,23,34-35H,13H2,1-2H3/b24-22+. The van der Waals surface area contributed by atoms with Gasteiger partial charge in [-0.2, -0.15) is 0 Å². The van der Waals surface area contributed by atoms with Gasteiger partial charge in [0.2, 0.25) is 5.13 Å². The van der Waals surface area contributed by atoms with Gasteiger partial charge < -0.3 is 10.2 Å². The summed E-state index contributed by atoms with van der Waals surface area (Å²) < 4.78 is 0.558. The topological polar surface area (TPSA) is 104 Å². The van der Waals surface area contributed by atoms with E-state index in [1.165, 1.54) is 28.8 Å². The predicted octanol–water partition coefficient (Wildman–Crippen LogP) is 7.09. The smallest absolute Gasteiger partial charge is 0.301 e. The Hall–Kier alpha value is -3.37. The molecule has 39 heavy (non-hydrogen) atoms. The van der Waals surface area contributed by atoms with E-state index >= 15 is 0 Å². The minimum atomic E-state index is -1.02. The largest absolute Gasteiger partial charge is 0.508 e. The maximum atomic E-state index is 13.4. The number of aromatic hydroxyl groups is 1. The number of halogens is 2. The summed E-state index contributed by atoms with van der Waals surface area (Å²) in [5.74, 6) is -1.53. The van der Waals surface area contributed by atoms with E-state index in [2.05, 4.69) is 10.2 Å². The molecular weight excluding hydrogens is 577 g/mol. The second-order valence-corrected chi connectivity index (χ2v) is 12.0. The first-order chi connectivity index (χ1) is 18.6. The molecule has 1 unspecified atom stereocenters. The number of phenols is 1. The number of rotatable bonds is 6. The van der Waals surface area contributed by atoms with Crippen molar-refractivity contribution in [3.05, 3.63) is 104 Å². The van der Waals surface area contributed by atoms with Crippen molar-refractivity contribution >= 4 is 68.9 Å². The number of carbonyl (C=O) groups excluding carboxylic acids is 2. The lowest BCUT2D eigenvalue weighted by atomic mass is 9.93. The average Bonchev–Trinajstić information content (AvgIpc) is 3.46. The Morgan fingerprint density at radius 3 is 2.59 bits per heavy atom. The van der Waals surface area contributed by atoms with Crippen LogP contribution in [0.3, 0.4) is 0 Å². The number of Topliss-reactive ketones (excluding diaryl/α,β-unsaturated/α-hetero) is 1. The Balaban J connectivity index is 1.56. The number of aromatic nitrogens is 2. The van der Waals surface area contributed by atoms with Crippen LogP contribution in [0.2, 0.25) is 10.0 Å². The summed E-state index contributed by atoms with van der Waals surface area (Å²) in [7, 11) is 0. The van der Waals surface area contributed by atoms with Crippen molar-refractivity contribution in [2.45, 2.75) is 30.0 Å². The number of aryl methyl sites for hydroxylation is 2. The molecule has 11 heteroatoms. The number of aliphatic hydroxyl groups is 1. The quantitative estimate of drug-likeness (QED) is 0.0803. The van der Waals surface area contributed by atoms with Gasteiger partial charge in [-0.15, -0.1) is 10.2 Å². The zero-order valence-corrected chi connectivity index (χ0v) is 23.8. The molecule has 0 bridgehead atoms. The van der Waals surface area contributed by atoms with Gasteiger partial charge in [0.1, 0.15) is 11.5 Å². The fourth-order valence-electron chi connectivity index (χ4n) is 4.31. The molecule has 1 amide bonds. The molecule has 0 radical (unpaired) electrons. The SMILES string of the molecule is Cc1ccc(C)c(/C(O)=C2\C(=O)C(=O)N(c3nnc(SCc4ccc(Cl)cc4Cl)s3)C2c2cccc(O)c2)c1. The molecule has 0 aliphatic carbocycles. The van der Waals surface area contributed by atoms with Crippen LogP contribution in [0.5, 0.6) is 5.75 Å². The molecule has 0 spiro atoms. The van der Waals surface area contributed by atoms with Crippen molar-refractivity contribution in [1.29, 1.82) is 0 Å². The third-order valence-corrected chi connectivity index (χ3v) is 8.94. The fourth-order valence-corrected chi connectivity index (χ4v) is 6.74. The molecule has 1 aliphatic rings. The average molecular weight is 599 g/mol. The lowest BCUT2D eigenvalue weighted by Gasteiger charge is -2.23. The molecule has 1 saturated heterocycles. The molecule has 0 saturated carbocycles. The number of thioether (sulfide) groups is 1. The van der Waals surface area contributed by atoms with Gasteiger partial charge in [-0.1, -0.05) is 82.2 Å². The molecule has 1 aliphatic heterocycles. The highest BCUT2D eigenvalue weighted by Gasteiger charge is 2.48. The third kappa shape index (κ3) is 5.40. The number of hydrogen-bond acceptors (Lipinski definition) is 8. The molecular formula is C28H21Cl2N3O4S2. The Labute approximate surface area is 242 Å². The van der Waals surface area contributed by atoms with E-state index in [4.69, 9.17) is 23.2 Å². The zero-order valence-electron chi connectivity index (χ0n) is 20.7. The Kier molecular flexibility index (Phi) is 7.68. The van der Waals surface area contributed by atoms with Crippen LogP contribution in [0.4, 0.5) is 5.13 Å². The normalized spacial score (nSPS) is 16.7. The van der Waals surface area contributed by atoms with Crippen LogP contribution in [-0.2, 0) is 15.3 Å². The van der Waals surface area contributed by atoms with E-state index in [9.17, 15) is 19.8 Å². The minimum absolute atomic E-state index is 0.0434. The van der Waals surface area contributed by atoms with Crippen molar-refractivity contribution < 1.29 is 19.8 Å².